The number of anilines is 2. The number of hydrogen-bond donors (Lipinski definition) is 1. The third kappa shape index (κ3) is 3.93. The van der Waals surface area contributed by atoms with Crippen LogP contribution in [0.3, 0.4) is 0 Å². The first-order valence-electron chi connectivity index (χ1n) is 9.06. The fourth-order valence-electron chi connectivity index (χ4n) is 3.08. The smallest absolute Gasteiger partial charge is 0.230 e. The van der Waals surface area contributed by atoms with Crippen LogP contribution in [0.4, 0.5) is 11.9 Å². The minimum atomic E-state index is -0.116. The zero-order chi connectivity index (χ0) is 20.5. The van der Waals surface area contributed by atoms with E-state index in [0.717, 1.165) is 27.7 Å². The third-order valence-electron chi connectivity index (χ3n) is 4.55. The van der Waals surface area contributed by atoms with Crippen LogP contribution in [0.5, 0.6) is 0 Å². The number of ketones is 1. The van der Waals surface area contributed by atoms with Crippen molar-refractivity contribution in [3.05, 3.63) is 70.5 Å². The molecule has 0 spiro atoms. The Labute approximate surface area is 173 Å². The predicted octanol–water partition coefficient (Wildman–Crippen LogP) is 5.30. The van der Waals surface area contributed by atoms with Gasteiger partial charge in [0.15, 0.2) is 5.78 Å². The van der Waals surface area contributed by atoms with Crippen LogP contribution in [0.2, 0.25) is 5.02 Å². The summed E-state index contributed by atoms with van der Waals surface area (Å²) in [5, 5.41) is 4.67. The Morgan fingerprint density at radius 2 is 1.72 bits per heavy atom. The van der Waals surface area contributed by atoms with Crippen LogP contribution in [-0.2, 0) is 0 Å². The molecule has 4 rings (SSSR count). The number of Topliss-reactive ketones (excluding diaryl/α,β-unsaturated/α-hetero) is 1. The zero-order valence-corrected chi connectivity index (χ0v) is 16.9. The molecule has 0 amide bonds. The molecule has 0 bridgehead atoms. The molecule has 0 unspecified atom stereocenters. The number of carbonyl (C=O) groups is 1. The second kappa shape index (κ2) is 7.56. The first-order chi connectivity index (χ1) is 13.9. The molecule has 0 atom stereocenters. The molecule has 6 nitrogen and oxygen atoms in total. The van der Waals surface area contributed by atoms with Crippen LogP contribution in [0.15, 0.2) is 48.7 Å². The Morgan fingerprint density at radius 3 is 2.45 bits per heavy atom. The van der Waals surface area contributed by atoms with Crippen molar-refractivity contribution in [1.29, 1.82) is 0 Å². The number of aryl methyl sites for hydroxylation is 2. The molecule has 0 aliphatic carbocycles. The average molecular weight is 404 g/mol. The molecular weight excluding hydrogens is 386 g/mol. The number of aromatic nitrogens is 4. The van der Waals surface area contributed by atoms with Gasteiger partial charge in [-0.25, -0.2) is 19.9 Å². The van der Waals surface area contributed by atoms with E-state index in [1.165, 1.54) is 13.1 Å². The van der Waals surface area contributed by atoms with E-state index in [1.54, 1.807) is 12.1 Å². The van der Waals surface area contributed by atoms with Crippen molar-refractivity contribution in [3.63, 3.8) is 0 Å². The summed E-state index contributed by atoms with van der Waals surface area (Å²) in [5.41, 5.74) is 4.56. The Bertz CT molecular complexity index is 1240. The summed E-state index contributed by atoms with van der Waals surface area (Å²) in [6.45, 7) is 5.44. The lowest BCUT2D eigenvalue weighted by atomic mass is 10.1. The lowest BCUT2D eigenvalue weighted by Gasteiger charge is -2.11. The number of carbonyl (C=O) groups excluding carboxylic acids is 1. The molecule has 0 aliphatic rings. The lowest BCUT2D eigenvalue weighted by molar-refractivity contribution is 0.101. The summed E-state index contributed by atoms with van der Waals surface area (Å²) >= 11 is 5.99. The standard InChI is InChI=1S/C22H18ClN5O/c1-12-4-9-17-13(2)25-22(26-19(17)10-12)28-21-24-11-18(14(3)29)20(27-21)15-5-7-16(23)8-6-15/h4-11H,1-3H3,(H,24,25,26,27,28). The molecule has 2 aromatic carbocycles. The van der Waals surface area contributed by atoms with Gasteiger partial charge in [0.2, 0.25) is 11.9 Å². The minimum Gasteiger partial charge on any atom is -0.294 e. The molecular formula is C22H18ClN5O. The van der Waals surface area contributed by atoms with E-state index in [1.807, 2.05) is 44.2 Å². The molecule has 2 heterocycles. The van der Waals surface area contributed by atoms with Crippen molar-refractivity contribution in [1.82, 2.24) is 19.9 Å². The number of halogens is 1. The monoisotopic (exact) mass is 403 g/mol. The second-order valence-electron chi connectivity index (χ2n) is 6.80. The normalized spacial score (nSPS) is 10.9. The predicted molar refractivity (Wildman–Crippen MR) is 115 cm³/mol. The van der Waals surface area contributed by atoms with Crippen LogP contribution < -0.4 is 5.32 Å². The van der Waals surface area contributed by atoms with Gasteiger partial charge in [0, 0.05) is 22.2 Å². The second-order valence-corrected chi connectivity index (χ2v) is 7.23. The highest BCUT2D eigenvalue weighted by atomic mass is 35.5. The van der Waals surface area contributed by atoms with E-state index < -0.39 is 0 Å². The van der Waals surface area contributed by atoms with Gasteiger partial charge >= 0.3 is 0 Å². The summed E-state index contributed by atoms with van der Waals surface area (Å²) in [7, 11) is 0. The number of hydrogen-bond acceptors (Lipinski definition) is 6. The molecule has 0 aliphatic heterocycles. The van der Waals surface area contributed by atoms with Gasteiger partial charge in [0.25, 0.3) is 0 Å². The quantitative estimate of drug-likeness (QED) is 0.465. The van der Waals surface area contributed by atoms with Gasteiger partial charge in [-0.2, -0.15) is 0 Å². The SMILES string of the molecule is CC(=O)c1cnc(Nc2nc(C)c3ccc(C)cc3n2)nc1-c1ccc(Cl)cc1. The maximum absolute atomic E-state index is 12.0. The average Bonchev–Trinajstić information content (AvgIpc) is 2.68. The van der Waals surface area contributed by atoms with Gasteiger partial charge in [-0.15, -0.1) is 0 Å². The molecule has 0 fully saturated rings. The molecule has 144 valence electrons. The molecule has 1 N–H and O–H groups in total. The number of nitrogens with one attached hydrogen (secondary N) is 1. The Balaban J connectivity index is 1.76. The Morgan fingerprint density at radius 1 is 0.966 bits per heavy atom. The molecule has 0 radical (unpaired) electrons. The summed E-state index contributed by atoms with van der Waals surface area (Å²) in [6.07, 6.45) is 1.51. The summed E-state index contributed by atoms with van der Waals surface area (Å²) in [6, 6.07) is 13.2. The molecule has 2 aromatic heterocycles. The third-order valence-corrected chi connectivity index (χ3v) is 4.80. The molecule has 4 aromatic rings. The maximum atomic E-state index is 12.0. The number of fused-ring (bicyclic) bond motifs is 1. The molecule has 0 saturated heterocycles. The highest BCUT2D eigenvalue weighted by Gasteiger charge is 2.14. The van der Waals surface area contributed by atoms with E-state index in [2.05, 4.69) is 25.3 Å². The summed E-state index contributed by atoms with van der Waals surface area (Å²) < 4.78 is 0. The Kier molecular flexibility index (Phi) is 4.94. The van der Waals surface area contributed by atoms with E-state index >= 15 is 0 Å². The lowest BCUT2D eigenvalue weighted by Crippen LogP contribution is -2.07. The van der Waals surface area contributed by atoms with Crippen molar-refractivity contribution in [2.75, 3.05) is 5.32 Å². The fourth-order valence-corrected chi connectivity index (χ4v) is 3.21. The van der Waals surface area contributed by atoms with Crippen LogP contribution in [-0.4, -0.2) is 25.7 Å². The first-order valence-corrected chi connectivity index (χ1v) is 9.44. The summed E-state index contributed by atoms with van der Waals surface area (Å²) in [4.78, 5) is 30.0. The van der Waals surface area contributed by atoms with Gasteiger partial charge in [0.1, 0.15) is 0 Å². The first kappa shape index (κ1) is 19.0. The van der Waals surface area contributed by atoms with Crippen molar-refractivity contribution in [2.24, 2.45) is 0 Å². The van der Waals surface area contributed by atoms with Gasteiger partial charge in [-0.1, -0.05) is 35.9 Å². The van der Waals surface area contributed by atoms with Gasteiger partial charge < -0.3 is 0 Å². The van der Waals surface area contributed by atoms with E-state index in [0.29, 0.717) is 28.2 Å². The van der Waals surface area contributed by atoms with Crippen LogP contribution >= 0.6 is 11.6 Å². The number of rotatable bonds is 4. The largest absolute Gasteiger partial charge is 0.294 e. The maximum Gasteiger partial charge on any atom is 0.230 e. The van der Waals surface area contributed by atoms with Crippen LogP contribution in [0.25, 0.3) is 22.2 Å². The van der Waals surface area contributed by atoms with Crippen LogP contribution in [0, 0.1) is 13.8 Å². The van der Waals surface area contributed by atoms with Gasteiger partial charge in [-0.3, -0.25) is 10.1 Å². The number of benzene rings is 2. The molecule has 29 heavy (non-hydrogen) atoms. The van der Waals surface area contributed by atoms with Gasteiger partial charge in [-0.05, 0) is 44.5 Å². The highest BCUT2D eigenvalue weighted by Crippen LogP contribution is 2.26. The topological polar surface area (TPSA) is 80.7 Å². The minimum absolute atomic E-state index is 0.116. The van der Waals surface area contributed by atoms with E-state index in [4.69, 9.17) is 11.6 Å². The van der Waals surface area contributed by atoms with Crippen LogP contribution in [0.1, 0.15) is 28.5 Å². The van der Waals surface area contributed by atoms with Crippen molar-refractivity contribution < 1.29 is 4.79 Å². The highest BCUT2D eigenvalue weighted by molar-refractivity contribution is 6.30. The van der Waals surface area contributed by atoms with Crippen molar-refractivity contribution in [2.45, 2.75) is 20.8 Å². The summed E-state index contributed by atoms with van der Waals surface area (Å²) in [5.74, 6) is 0.597. The zero-order valence-electron chi connectivity index (χ0n) is 16.2. The fraction of sp³-hybridized carbons (Fsp3) is 0.136. The van der Waals surface area contributed by atoms with Crippen molar-refractivity contribution >= 4 is 40.2 Å². The molecule has 7 heteroatoms. The van der Waals surface area contributed by atoms with E-state index in [-0.39, 0.29) is 5.78 Å². The van der Waals surface area contributed by atoms with Gasteiger partial charge in [0.05, 0.1) is 22.5 Å². The van der Waals surface area contributed by atoms with Crippen molar-refractivity contribution in [3.8, 4) is 11.3 Å². The number of nitrogens with zero attached hydrogens (tertiary/aromatic N) is 4. The van der Waals surface area contributed by atoms with E-state index in [9.17, 15) is 4.79 Å². The molecule has 0 saturated carbocycles. The Hall–Kier alpha value is -3.38.